The number of carbonyl (C=O) groups excluding carboxylic acids is 2. The number of hydrogen-bond acceptors (Lipinski definition) is 6. The van der Waals surface area contributed by atoms with Gasteiger partial charge in [-0.05, 0) is 25.0 Å². The lowest BCUT2D eigenvalue weighted by molar-refractivity contribution is -0.135. The summed E-state index contributed by atoms with van der Waals surface area (Å²) in [6.45, 7) is 0.754. The number of aromatic nitrogens is 3. The Labute approximate surface area is 144 Å². The Bertz CT molecular complexity index is 787. The Kier molecular flexibility index (Phi) is 3.95. The van der Waals surface area contributed by atoms with Gasteiger partial charge < -0.3 is 14.3 Å². The zero-order valence-electron chi connectivity index (χ0n) is 14.0. The first kappa shape index (κ1) is 15.7. The molecule has 2 aliphatic rings. The number of rotatable bonds is 5. The molecule has 0 spiro atoms. The quantitative estimate of drug-likeness (QED) is 0.809. The average Bonchev–Trinajstić information content (AvgIpc) is 3.24. The Morgan fingerprint density at radius 2 is 2.12 bits per heavy atom. The molecule has 1 saturated carbocycles. The van der Waals surface area contributed by atoms with E-state index in [1.807, 2.05) is 4.90 Å². The third-order valence-electron chi connectivity index (χ3n) is 4.65. The van der Waals surface area contributed by atoms with Crippen LogP contribution in [0.15, 0.2) is 29.0 Å². The number of nitrogens with zero attached hydrogens (tertiary/aromatic N) is 5. The van der Waals surface area contributed by atoms with Crippen LogP contribution in [0.4, 0.5) is 0 Å². The first-order chi connectivity index (χ1) is 12.1. The van der Waals surface area contributed by atoms with E-state index < -0.39 is 0 Å². The summed E-state index contributed by atoms with van der Waals surface area (Å²) in [4.78, 5) is 36.3. The highest BCUT2D eigenvalue weighted by Crippen LogP contribution is 2.33. The standard InChI is InChI=1S/C17H19N5O3/c1-21(17(24)12-8-15(23)22(9-12)13-2-3-13)10-14-19-16(20-25-14)11-4-6-18-7-5-11/h4-7,12-13H,2-3,8-10H2,1H3/t12-/m0/s1. The van der Waals surface area contributed by atoms with E-state index in [1.54, 1.807) is 36.5 Å². The van der Waals surface area contributed by atoms with E-state index in [1.165, 1.54) is 0 Å². The molecule has 0 unspecified atom stereocenters. The van der Waals surface area contributed by atoms with E-state index in [9.17, 15) is 9.59 Å². The fraction of sp³-hybridized carbons (Fsp3) is 0.471. The van der Waals surface area contributed by atoms with Crippen LogP contribution in [0.3, 0.4) is 0 Å². The highest BCUT2D eigenvalue weighted by Gasteiger charge is 2.42. The van der Waals surface area contributed by atoms with Crippen molar-refractivity contribution in [3.63, 3.8) is 0 Å². The Morgan fingerprint density at radius 3 is 2.84 bits per heavy atom. The zero-order valence-corrected chi connectivity index (χ0v) is 14.0. The van der Waals surface area contributed by atoms with Gasteiger partial charge in [0.05, 0.1) is 12.5 Å². The van der Waals surface area contributed by atoms with E-state index >= 15 is 0 Å². The minimum Gasteiger partial charge on any atom is -0.339 e. The fourth-order valence-electron chi connectivity index (χ4n) is 3.17. The van der Waals surface area contributed by atoms with Crippen LogP contribution in [0.2, 0.25) is 0 Å². The van der Waals surface area contributed by atoms with E-state index in [0.717, 1.165) is 18.4 Å². The molecule has 8 nitrogen and oxygen atoms in total. The maximum atomic E-state index is 12.6. The monoisotopic (exact) mass is 341 g/mol. The van der Waals surface area contributed by atoms with Gasteiger partial charge in [-0.15, -0.1) is 0 Å². The van der Waals surface area contributed by atoms with Crippen LogP contribution in [0, 0.1) is 5.92 Å². The lowest BCUT2D eigenvalue weighted by Crippen LogP contribution is -2.34. The van der Waals surface area contributed by atoms with E-state index in [2.05, 4.69) is 15.1 Å². The molecule has 0 bridgehead atoms. The van der Waals surface area contributed by atoms with Crippen molar-refractivity contribution in [2.75, 3.05) is 13.6 Å². The van der Waals surface area contributed by atoms with Gasteiger partial charge in [0, 0.05) is 44.0 Å². The Balaban J connectivity index is 1.38. The minimum atomic E-state index is -0.277. The molecular weight excluding hydrogens is 322 g/mol. The van der Waals surface area contributed by atoms with Crippen molar-refractivity contribution in [1.29, 1.82) is 0 Å². The summed E-state index contributed by atoms with van der Waals surface area (Å²) in [5.41, 5.74) is 0.806. The number of hydrogen-bond donors (Lipinski definition) is 0. The van der Waals surface area contributed by atoms with Crippen molar-refractivity contribution in [3.8, 4) is 11.4 Å². The summed E-state index contributed by atoms with van der Waals surface area (Å²) in [6, 6.07) is 3.94. The van der Waals surface area contributed by atoms with Crippen LogP contribution < -0.4 is 0 Å². The summed E-state index contributed by atoms with van der Waals surface area (Å²) in [5.74, 6) is 0.591. The summed E-state index contributed by atoms with van der Waals surface area (Å²) in [5, 5.41) is 3.94. The second-order valence-electron chi connectivity index (χ2n) is 6.62. The SMILES string of the molecule is CN(Cc1nc(-c2ccncc2)no1)C(=O)[C@H]1CC(=O)N(C2CC2)C1. The predicted octanol–water partition coefficient (Wildman–Crippen LogP) is 1.10. The van der Waals surface area contributed by atoms with Crippen LogP contribution in [0.1, 0.15) is 25.2 Å². The molecule has 1 atom stereocenters. The smallest absolute Gasteiger partial charge is 0.246 e. The zero-order chi connectivity index (χ0) is 17.4. The van der Waals surface area contributed by atoms with Gasteiger partial charge in [-0.25, -0.2) is 0 Å². The molecule has 0 aromatic carbocycles. The van der Waals surface area contributed by atoms with Crippen LogP contribution >= 0.6 is 0 Å². The van der Waals surface area contributed by atoms with Crippen LogP contribution in [-0.4, -0.2) is 56.4 Å². The van der Waals surface area contributed by atoms with Gasteiger partial charge >= 0.3 is 0 Å². The molecule has 130 valence electrons. The molecule has 2 aromatic heterocycles. The van der Waals surface area contributed by atoms with Crippen molar-refractivity contribution in [1.82, 2.24) is 24.9 Å². The molecular formula is C17H19N5O3. The summed E-state index contributed by atoms with van der Waals surface area (Å²) in [7, 11) is 1.70. The fourth-order valence-corrected chi connectivity index (χ4v) is 3.17. The lowest BCUT2D eigenvalue weighted by atomic mass is 10.1. The van der Waals surface area contributed by atoms with Gasteiger partial charge in [-0.1, -0.05) is 5.16 Å². The van der Waals surface area contributed by atoms with E-state index in [4.69, 9.17) is 4.52 Å². The summed E-state index contributed by atoms with van der Waals surface area (Å²) >= 11 is 0. The first-order valence-electron chi connectivity index (χ1n) is 8.39. The van der Waals surface area contributed by atoms with Gasteiger partial charge in [0.2, 0.25) is 23.5 Å². The molecule has 2 amide bonds. The molecule has 0 radical (unpaired) electrons. The van der Waals surface area contributed by atoms with Gasteiger partial charge in [0.25, 0.3) is 0 Å². The maximum absolute atomic E-state index is 12.6. The van der Waals surface area contributed by atoms with Crippen LogP contribution in [-0.2, 0) is 16.1 Å². The number of likely N-dealkylation sites (tertiary alicyclic amines) is 1. The minimum absolute atomic E-state index is 0.0554. The second kappa shape index (κ2) is 6.27. The third kappa shape index (κ3) is 3.24. The summed E-state index contributed by atoms with van der Waals surface area (Å²) < 4.78 is 5.24. The average molecular weight is 341 g/mol. The highest BCUT2D eigenvalue weighted by atomic mass is 16.5. The van der Waals surface area contributed by atoms with Crippen LogP contribution in [0.5, 0.6) is 0 Å². The Hall–Kier alpha value is -2.77. The summed E-state index contributed by atoms with van der Waals surface area (Å²) in [6.07, 6.45) is 5.73. The van der Waals surface area contributed by atoms with E-state index in [-0.39, 0.29) is 24.3 Å². The molecule has 1 aliphatic carbocycles. The van der Waals surface area contributed by atoms with Crippen molar-refractivity contribution < 1.29 is 14.1 Å². The predicted molar refractivity (Wildman–Crippen MR) is 86.8 cm³/mol. The molecule has 2 fully saturated rings. The molecule has 2 aromatic rings. The lowest BCUT2D eigenvalue weighted by Gasteiger charge is -2.19. The third-order valence-corrected chi connectivity index (χ3v) is 4.65. The molecule has 4 rings (SSSR count). The van der Waals surface area contributed by atoms with Gasteiger partial charge in [0.15, 0.2) is 0 Å². The Morgan fingerprint density at radius 1 is 1.36 bits per heavy atom. The highest BCUT2D eigenvalue weighted by molar-refractivity contribution is 5.89. The molecule has 25 heavy (non-hydrogen) atoms. The maximum Gasteiger partial charge on any atom is 0.246 e. The molecule has 1 saturated heterocycles. The van der Waals surface area contributed by atoms with Crippen molar-refractivity contribution in [2.24, 2.45) is 5.92 Å². The largest absolute Gasteiger partial charge is 0.339 e. The second-order valence-corrected chi connectivity index (χ2v) is 6.62. The normalized spacial score (nSPS) is 20.1. The molecule has 8 heteroatoms. The van der Waals surface area contributed by atoms with E-state index in [0.29, 0.717) is 30.7 Å². The van der Waals surface area contributed by atoms with Gasteiger partial charge in [-0.2, -0.15) is 4.98 Å². The van der Waals surface area contributed by atoms with Crippen molar-refractivity contribution >= 4 is 11.8 Å². The number of amides is 2. The molecule has 1 aliphatic heterocycles. The van der Waals surface area contributed by atoms with Gasteiger partial charge in [-0.3, -0.25) is 14.6 Å². The van der Waals surface area contributed by atoms with Gasteiger partial charge in [0.1, 0.15) is 0 Å². The molecule has 0 N–H and O–H groups in total. The van der Waals surface area contributed by atoms with Crippen LogP contribution in [0.25, 0.3) is 11.4 Å². The van der Waals surface area contributed by atoms with Crippen molar-refractivity contribution in [3.05, 3.63) is 30.4 Å². The first-order valence-corrected chi connectivity index (χ1v) is 8.39. The topological polar surface area (TPSA) is 92.4 Å². The van der Waals surface area contributed by atoms with Crippen molar-refractivity contribution in [2.45, 2.75) is 31.8 Å². The number of carbonyl (C=O) groups is 2. The molecule has 3 heterocycles. The number of pyridine rings is 1.